The molecule has 84 valence electrons. The highest BCUT2D eigenvalue weighted by molar-refractivity contribution is 9.10. The molecule has 0 unspecified atom stereocenters. The maximum atomic E-state index is 12.3. The standard InChI is InChI=1S/C6H2BrCl2F2NO2S/c7-5-3(15(9,13)14)1-2(8)4(12-5)6(10)11/h1,6H. The Morgan fingerprint density at radius 3 is 2.40 bits per heavy atom. The molecule has 0 radical (unpaired) electrons. The van der Waals surface area contributed by atoms with Gasteiger partial charge >= 0.3 is 0 Å². The van der Waals surface area contributed by atoms with E-state index in [-0.39, 0.29) is 4.60 Å². The number of halogens is 5. The Kier molecular flexibility index (Phi) is 3.91. The average molecular weight is 341 g/mol. The van der Waals surface area contributed by atoms with Gasteiger partial charge in [-0.15, -0.1) is 0 Å². The lowest BCUT2D eigenvalue weighted by atomic mass is 10.3. The average Bonchev–Trinajstić information content (AvgIpc) is 2.06. The zero-order valence-electron chi connectivity index (χ0n) is 6.72. The van der Waals surface area contributed by atoms with Crippen molar-refractivity contribution in [3.63, 3.8) is 0 Å². The first-order valence-corrected chi connectivity index (χ1v) is 6.80. The Morgan fingerprint density at radius 2 is 2.00 bits per heavy atom. The highest BCUT2D eigenvalue weighted by Gasteiger charge is 2.22. The van der Waals surface area contributed by atoms with Gasteiger partial charge < -0.3 is 0 Å². The fourth-order valence-corrected chi connectivity index (χ4v) is 3.17. The molecule has 0 N–H and O–H groups in total. The highest BCUT2D eigenvalue weighted by Crippen LogP contribution is 2.32. The van der Waals surface area contributed by atoms with Gasteiger partial charge in [0.15, 0.2) is 0 Å². The van der Waals surface area contributed by atoms with E-state index in [1.807, 2.05) is 0 Å². The van der Waals surface area contributed by atoms with E-state index >= 15 is 0 Å². The molecule has 0 aliphatic heterocycles. The summed E-state index contributed by atoms with van der Waals surface area (Å²) in [4.78, 5) is 2.86. The van der Waals surface area contributed by atoms with Crippen LogP contribution in [0, 0.1) is 0 Å². The van der Waals surface area contributed by atoms with Crippen LogP contribution in [-0.4, -0.2) is 13.4 Å². The summed E-state index contributed by atoms with van der Waals surface area (Å²) in [6, 6.07) is 0.822. The van der Waals surface area contributed by atoms with Crippen LogP contribution in [0.1, 0.15) is 12.1 Å². The Hall–Kier alpha value is 0.0200. The Morgan fingerprint density at radius 1 is 1.47 bits per heavy atom. The zero-order valence-corrected chi connectivity index (χ0v) is 10.6. The van der Waals surface area contributed by atoms with Crippen molar-refractivity contribution < 1.29 is 17.2 Å². The molecule has 1 aromatic rings. The molecule has 1 aromatic heterocycles. The number of pyridine rings is 1. The van der Waals surface area contributed by atoms with Gasteiger partial charge in [0.05, 0.1) is 5.02 Å². The Labute approximate surface area is 102 Å². The van der Waals surface area contributed by atoms with Crippen LogP contribution >= 0.6 is 38.2 Å². The smallest absolute Gasteiger partial charge is 0.237 e. The molecule has 0 aliphatic rings. The molecule has 0 atom stereocenters. The second kappa shape index (κ2) is 4.48. The fourth-order valence-electron chi connectivity index (χ4n) is 0.787. The third-order valence-corrected chi connectivity index (χ3v) is 3.90. The molecular weight excluding hydrogens is 339 g/mol. The summed E-state index contributed by atoms with van der Waals surface area (Å²) in [5.74, 6) is 0. The monoisotopic (exact) mass is 339 g/mol. The number of alkyl halides is 2. The largest absolute Gasteiger partial charge is 0.281 e. The summed E-state index contributed by atoms with van der Waals surface area (Å²) in [5.41, 5.74) is -0.701. The fraction of sp³-hybridized carbons (Fsp3) is 0.167. The second-order valence-electron chi connectivity index (χ2n) is 2.38. The van der Waals surface area contributed by atoms with Crippen LogP contribution < -0.4 is 0 Å². The molecule has 0 spiro atoms. The minimum absolute atomic E-state index is 0.294. The lowest BCUT2D eigenvalue weighted by Crippen LogP contribution is -1.99. The van der Waals surface area contributed by atoms with Gasteiger partial charge in [-0.25, -0.2) is 22.2 Å². The van der Waals surface area contributed by atoms with Crippen molar-refractivity contribution in [1.29, 1.82) is 0 Å². The van der Waals surface area contributed by atoms with E-state index in [0.717, 1.165) is 6.07 Å². The van der Waals surface area contributed by atoms with E-state index in [9.17, 15) is 17.2 Å². The van der Waals surface area contributed by atoms with Crippen molar-refractivity contribution >= 4 is 47.3 Å². The SMILES string of the molecule is O=S(=O)(Cl)c1cc(Cl)c(C(F)F)nc1Br. The van der Waals surface area contributed by atoms with Gasteiger partial charge in [0.1, 0.15) is 15.2 Å². The van der Waals surface area contributed by atoms with Crippen molar-refractivity contribution in [2.75, 3.05) is 0 Å². The number of aromatic nitrogens is 1. The molecule has 0 aliphatic carbocycles. The van der Waals surface area contributed by atoms with Crippen LogP contribution in [0.15, 0.2) is 15.6 Å². The normalized spacial score (nSPS) is 12.1. The summed E-state index contributed by atoms with van der Waals surface area (Å²) < 4.78 is 46.2. The molecular formula is C6H2BrCl2F2NO2S. The first-order valence-electron chi connectivity index (χ1n) is 3.32. The maximum Gasteiger partial charge on any atom is 0.281 e. The van der Waals surface area contributed by atoms with Crippen molar-refractivity contribution in [3.8, 4) is 0 Å². The molecule has 1 heterocycles. The van der Waals surface area contributed by atoms with E-state index in [1.165, 1.54) is 0 Å². The zero-order chi connectivity index (χ0) is 11.8. The molecule has 0 saturated heterocycles. The molecule has 15 heavy (non-hydrogen) atoms. The van der Waals surface area contributed by atoms with Crippen LogP contribution in [0.5, 0.6) is 0 Å². The number of nitrogens with zero attached hydrogens (tertiary/aromatic N) is 1. The van der Waals surface area contributed by atoms with Crippen molar-refractivity contribution in [1.82, 2.24) is 4.98 Å². The molecule has 0 aromatic carbocycles. The highest BCUT2D eigenvalue weighted by atomic mass is 79.9. The lowest BCUT2D eigenvalue weighted by Gasteiger charge is -2.05. The van der Waals surface area contributed by atoms with Crippen LogP contribution in [0.3, 0.4) is 0 Å². The van der Waals surface area contributed by atoms with Crippen LogP contribution in [0.4, 0.5) is 8.78 Å². The molecule has 0 amide bonds. The minimum Gasteiger partial charge on any atom is -0.237 e. The topological polar surface area (TPSA) is 47.0 Å². The van der Waals surface area contributed by atoms with Gasteiger partial charge in [-0.1, -0.05) is 11.6 Å². The Bertz CT molecular complexity index is 494. The van der Waals surface area contributed by atoms with E-state index < -0.39 is 31.1 Å². The number of hydrogen-bond acceptors (Lipinski definition) is 3. The molecule has 0 saturated carbocycles. The van der Waals surface area contributed by atoms with Gasteiger partial charge in [0.2, 0.25) is 0 Å². The Balaban J connectivity index is 3.46. The van der Waals surface area contributed by atoms with E-state index in [4.69, 9.17) is 22.3 Å². The van der Waals surface area contributed by atoms with Crippen molar-refractivity contribution in [2.24, 2.45) is 0 Å². The van der Waals surface area contributed by atoms with Crippen LogP contribution in [0.25, 0.3) is 0 Å². The predicted molar refractivity (Wildman–Crippen MR) is 54.9 cm³/mol. The van der Waals surface area contributed by atoms with Gasteiger partial charge in [-0.05, 0) is 22.0 Å². The minimum atomic E-state index is -4.06. The van der Waals surface area contributed by atoms with Crippen molar-refractivity contribution in [3.05, 3.63) is 21.4 Å². The summed E-state index contributed by atoms with van der Waals surface area (Å²) in [5, 5.41) is -0.451. The maximum absolute atomic E-state index is 12.3. The van der Waals surface area contributed by atoms with E-state index in [1.54, 1.807) is 0 Å². The van der Waals surface area contributed by atoms with Gasteiger partial charge in [-0.3, -0.25) is 0 Å². The molecule has 1 rings (SSSR count). The second-order valence-corrected chi connectivity index (χ2v) is 6.08. The summed E-state index contributed by atoms with van der Waals surface area (Å²) in [7, 11) is 0.959. The predicted octanol–water partition coefficient (Wildman–Crippen LogP) is 3.36. The molecule has 9 heteroatoms. The first-order chi connectivity index (χ1) is 6.73. The molecule has 0 bridgehead atoms. The summed E-state index contributed by atoms with van der Waals surface area (Å²) >= 11 is 8.13. The summed E-state index contributed by atoms with van der Waals surface area (Å²) in [6.07, 6.45) is -2.89. The third-order valence-electron chi connectivity index (χ3n) is 1.39. The molecule has 3 nitrogen and oxygen atoms in total. The lowest BCUT2D eigenvalue weighted by molar-refractivity contribution is 0.146. The quantitative estimate of drug-likeness (QED) is 0.612. The van der Waals surface area contributed by atoms with Gasteiger partial charge in [0, 0.05) is 10.7 Å². The van der Waals surface area contributed by atoms with Crippen LogP contribution in [0.2, 0.25) is 5.02 Å². The van der Waals surface area contributed by atoms with Gasteiger partial charge in [0.25, 0.3) is 15.5 Å². The molecule has 0 fully saturated rings. The van der Waals surface area contributed by atoms with E-state index in [0.29, 0.717) is 0 Å². The first kappa shape index (κ1) is 13.1. The third kappa shape index (κ3) is 2.99. The van der Waals surface area contributed by atoms with E-state index in [2.05, 4.69) is 20.9 Å². The number of rotatable bonds is 2. The number of hydrogen-bond donors (Lipinski definition) is 0. The van der Waals surface area contributed by atoms with Crippen LogP contribution in [-0.2, 0) is 9.05 Å². The van der Waals surface area contributed by atoms with Gasteiger partial charge in [-0.2, -0.15) is 0 Å². The summed E-state index contributed by atoms with van der Waals surface area (Å²) in [6.45, 7) is 0. The van der Waals surface area contributed by atoms with Crippen molar-refractivity contribution in [2.45, 2.75) is 11.3 Å².